The summed E-state index contributed by atoms with van der Waals surface area (Å²) in [6, 6.07) is 5.87. The van der Waals surface area contributed by atoms with E-state index >= 15 is 0 Å². The Labute approximate surface area is 141 Å². The van der Waals surface area contributed by atoms with E-state index in [0.717, 1.165) is 0 Å². The Morgan fingerprint density at radius 3 is 2.71 bits per heavy atom. The molecular weight excluding hydrogens is 317 g/mol. The highest BCUT2D eigenvalue weighted by atomic mass is 19.1. The van der Waals surface area contributed by atoms with Gasteiger partial charge in [-0.15, -0.1) is 0 Å². The zero-order valence-electron chi connectivity index (χ0n) is 14.2. The first-order chi connectivity index (χ1) is 11.6. The van der Waals surface area contributed by atoms with E-state index in [4.69, 9.17) is 18.9 Å². The van der Waals surface area contributed by atoms with Gasteiger partial charge in [0.25, 0.3) is 0 Å². The highest BCUT2D eigenvalue weighted by Crippen LogP contribution is 2.20. The summed E-state index contributed by atoms with van der Waals surface area (Å²) in [7, 11) is 4.88. The number of para-hydroxylation sites is 1. The average molecular weight is 341 g/mol. The van der Waals surface area contributed by atoms with Gasteiger partial charge in [0.1, 0.15) is 12.2 Å². The molecule has 2 rings (SSSR count). The standard InChI is InChI=1S/C17H24FNO5/c1-19(13-10-23-11-15(21-2)17(13)22-3)16(20)8-9-24-14-7-5-4-6-12(14)18/h4-7,13,15,17H,8-11H2,1-3H3/t13-,15-,17+/m1/s1. The van der Waals surface area contributed by atoms with E-state index in [1.807, 2.05) is 0 Å². The van der Waals surface area contributed by atoms with Crippen LogP contribution in [0.4, 0.5) is 4.39 Å². The van der Waals surface area contributed by atoms with E-state index in [0.29, 0.717) is 13.2 Å². The second kappa shape index (κ2) is 8.96. The van der Waals surface area contributed by atoms with Gasteiger partial charge in [0.05, 0.1) is 32.3 Å². The Hall–Kier alpha value is -1.70. The molecule has 3 atom stereocenters. The molecule has 7 heteroatoms. The van der Waals surface area contributed by atoms with Crippen LogP contribution in [0.15, 0.2) is 24.3 Å². The van der Waals surface area contributed by atoms with Crippen LogP contribution in [0.25, 0.3) is 0 Å². The molecule has 1 aromatic rings. The third-order valence-electron chi connectivity index (χ3n) is 4.19. The SMILES string of the molecule is CO[C@H]1[C@H](N(C)C(=O)CCOc2ccccc2F)COC[C@H]1OC. The number of amides is 1. The smallest absolute Gasteiger partial charge is 0.226 e. The topological polar surface area (TPSA) is 57.2 Å². The number of likely N-dealkylation sites (N-methyl/N-ethyl adjacent to an activating group) is 1. The molecule has 1 heterocycles. The third kappa shape index (κ3) is 4.43. The van der Waals surface area contributed by atoms with Crippen LogP contribution in [0.2, 0.25) is 0 Å². The molecule has 1 aliphatic heterocycles. The Balaban J connectivity index is 1.88. The Bertz CT molecular complexity index is 541. The van der Waals surface area contributed by atoms with Crippen molar-refractivity contribution in [2.24, 2.45) is 0 Å². The van der Waals surface area contributed by atoms with Gasteiger partial charge in [-0.1, -0.05) is 12.1 Å². The normalized spacial score (nSPS) is 23.8. The lowest BCUT2D eigenvalue weighted by atomic mass is 10.0. The molecule has 6 nitrogen and oxygen atoms in total. The van der Waals surface area contributed by atoms with Crippen LogP contribution >= 0.6 is 0 Å². The molecule has 1 fully saturated rings. The summed E-state index contributed by atoms with van der Waals surface area (Å²) in [5, 5.41) is 0. The summed E-state index contributed by atoms with van der Waals surface area (Å²) in [6.45, 7) is 0.918. The highest BCUT2D eigenvalue weighted by Gasteiger charge is 2.38. The number of rotatable bonds is 7. The van der Waals surface area contributed by atoms with E-state index in [1.165, 1.54) is 12.1 Å². The fraction of sp³-hybridized carbons (Fsp3) is 0.588. The lowest BCUT2D eigenvalue weighted by Gasteiger charge is -2.40. The van der Waals surface area contributed by atoms with Gasteiger partial charge < -0.3 is 23.8 Å². The monoisotopic (exact) mass is 341 g/mol. The minimum atomic E-state index is -0.443. The van der Waals surface area contributed by atoms with Crippen LogP contribution in [0.5, 0.6) is 5.75 Å². The number of hydrogen-bond donors (Lipinski definition) is 0. The zero-order chi connectivity index (χ0) is 17.5. The molecular formula is C17H24FNO5. The van der Waals surface area contributed by atoms with Crippen molar-refractivity contribution >= 4 is 5.91 Å². The second-order valence-electron chi connectivity index (χ2n) is 5.61. The molecule has 0 unspecified atom stereocenters. The van der Waals surface area contributed by atoms with Crippen molar-refractivity contribution in [2.45, 2.75) is 24.7 Å². The van der Waals surface area contributed by atoms with E-state index in [1.54, 1.807) is 38.3 Å². The number of hydrogen-bond acceptors (Lipinski definition) is 5. The first kappa shape index (κ1) is 18.6. The first-order valence-corrected chi connectivity index (χ1v) is 7.84. The minimum absolute atomic E-state index is 0.100. The summed E-state index contributed by atoms with van der Waals surface area (Å²) in [5.41, 5.74) is 0. The van der Waals surface area contributed by atoms with Gasteiger partial charge in [0, 0.05) is 21.3 Å². The maximum Gasteiger partial charge on any atom is 0.226 e. The maximum atomic E-state index is 13.5. The van der Waals surface area contributed by atoms with Gasteiger partial charge in [-0.2, -0.15) is 0 Å². The molecule has 1 amide bonds. The third-order valence-corrected chi connectivity index (χ3v) is 4.19. The van der Waals surface area contributed by atoms with Crippen molar-refractivity contribution < 1.29 is 28.1 Å². The minimum Gasteiger partial charge on any atom is -0.490 e. The van der Waals surface area contributed by atoms with Crippen LogP contribution in [-0.2, 0) is 19.0 Å². The predicted octanol–water partition coefficient (Wildman–Crippen LogP) is 1.48. The van der Waals surface area contributed by atoms with Crippen LogP contribution < -0.4 is 4.74 Å². The largest absolute Gasteiger partial charge is 0.490 e. The average Bonchev–Trinajstić information content (AvgIpc) is 2.61. The molecule has 0 aliphatic carbocycles. The number of carbonyl (C=O) groups is 1. The van der Waals surface area contributed by atoms with E-state index in [2.05, 4.69) is 0 Å². The fourth-order valence-corrected chi connectivity index (χ4v) is 2.76. The number of benzene rings is 1. The van der Waals surface area contributed by atoms with E-state index in [-0.39, 0.29) is 42.9 Å². The molecule has 134 valence electrons. The van der Waals surface area contributed by atoms with Crippen molar-refractivity contribution in [3.8, 4) is 5.75 Å². The zero-order valence-corrected chi connectivity index (χ0v) is 14.2. The van der Waals surface area contributed by atoms with Crippen LogP contribution in [0.3, 0.4) is 0 Å². The van der Waals surface area contributed by atoms with Gasteiger partial charge in [0.2, 0.25) is 5.91 Å². The van der Waals surface area contributed by atoms with Gasteiger partial charge in [-0.05, 0) is 12.1 Å². The maximum absolute atomic E-state index is 13.5. The summed E-state index contributed by atoms with van der Waals surface area (Å²) < 4.78 is 35.1. The highest BCUT2D eigenvalue weighted by molar-refractivity contribution is 5.76. The Kier molecular flexibility index (Phi) is 6.96. The van der Waals surface area contributed by atoms with Crippen LogP contribution in [0.1, 0.15) is 6.42 Å². The summed E-state index contributed by atoms with van der Waals surface area (Å²) in [6.07, 6.45) is -0.348. The number of ether oxygens (including phenoxy) is 4. The van der Waals surface area contributed by atoms with Gasteiger partial charge in [-0.3, -0.25) is 4.79 Å². The van der Waals surface area contributed by atoms with Crippen molar-refractivity contribution in [3.63, 3.8) is 0 Å². The van der Waals surface area contributed by atoms with Crippen molar-refractivity contribution in [3.05, 3.63) is 30.1 Å². The molecule has 0 saturated carbocycles. The van der Waals surface area contributed by atoms with E-state index < -0.39 is 5.82 Å². The molecule has 0 bridgehead atoms. The van der Waals surface area contributed by atoms with Gasteiger partial charge in [0.15, 0.2) is 11.6 Å². The molecule has 1 aliphatic rings. The molecule has 0 spiro atoms. The van der Waals surface area contributed by atoms with Gasteiger partial charge in [-0.25, -0.2) is 4.39 Å². The quantitative estimate of drug-likeness (QED) is 0.752. The number of halogens is 1. The fourth-order valence-electron chi connectivity index (χ4n) is 2.76. The number of nitrogens with zero attached hydrogens (tertiary/aromatic N) is 1. The summed E-state index contributed by atoms with van der Waals surface area (Å²) in [5.74, 6) is -0.428. The summed E-state index contributed by atoms with van der Waals surface area (Å²) >= 11 is 0. The molecule has 0 N–H and O–H groups in total. The second-order valence-corrected chi connectivity index (χ2v) is 5.61. The van der Waals surface area contributed by atoms with Crippen molar-refractivity contribution in [1.82, 2.24) is 4.90 Å². The molecule has 1 saturated heterocycles. The summed E-state index contributed by atoms with van der Waals surface area (Å²) in [4.78, 5) is 14.0. The van der Waals surface area contributed by atoms with E-state index in [9.17, 15) is 9.18 Å². The van der Waals surface area contributed by atoms with Gasteiger partial charge >= 0.3 is 0 Å². The van der Waals surface area contributed by atoms with Crippen molar-refractivity contribution in [2.75, 3.05) is 41.1 Å². The molecule has 1 aromatic carbocycles. The Morgan fingerprint density at radius 1 is 1.29 bits per heavy atom. The Morgan fingerprint density at radius 2 is 2.04 bits per heavy atom. The van der Waals surface area contributed by atoms with Crippen LogP contribution in [0, 0.1) is 5.82 Å². The first-order valence-electron chi connectivity index (χ1n) is 7.84. The van der Waals surface area contributed by atoms with Crippen molar-refractivity contribution in [1.29, 1.82) is 0 Å². The lowest BCUT2D eigenvalue weighted by Crippen LogP contribution is -2.57. The predicted molar refractivity (Wildman–Crippen MR) is 85.5 cm³/mol. The number of methoxy groups -OCH3 is 2. The molecule has 0 radical (unpaired) electrons. The molecule has 24 heavy (non-hydrogen) atoms. The number of carbonyl (C=O) groups excluding carboxylic acids is 1. The lowest BCUT2D eigenvalue weighted by molar-refractivity contribution is -0.164. The van der Waals surface area contributed by atoms with Crippen LogP contribution in [-0.4, -0.2) is 70.1 Å². The molecule has 0 aromatic heterocycles.